The molecule has 1 N–H and O–H groups in total. The average molecular weight is 318 g/mol. The Morgan fingerprint density at radius 2 is 1.93 bits per heavy atom. The fraction of sp³-hybridized carbons (Fsp3) is 0.417. The van der Waals surface area contributed by atoms with E-state index in [-0.39, 0.29) is 0 Å². The van der Waals surface area contributed by atoms with E-state index in [2.05, 4.69) is 40.8 Å². The molecule has 82 valence electrons. The molecule has 0 heterocycles. The molecule has 0 unspecified atom stereocenters. The van der Waals surface area contributed by atoms with E-state index in [1.807, 2.05) is 6.07 Å². The smallest absolute Gasteiger partial charge is 0.303 e. The first kappa shape index (κ1) is 12.5. The number of hydrogen-bond acceptors (Lipinski definition) is 1. The van der Waals surface area contributed by atoms with Crippen molar-refractivity contribution in [2.45, 2.75) is 32.1 Å². The fourth-order valence-electron chi connectivity index (χ4n) is 1.47. The van der Waals surface area contributed by atoms with E-state index >= 15 is 0 Å². The van der Waals surface area contributed by atoms with Gasteiger partial charge in [0.1, 0.15) is 0 Å². The van der Waals surface area contributed by atoms with Crippen LogP contribution in [0.3, 0.4) is 0 Å². The standard InChI is InChI=1S/C12H15IO2/c13-11-8-5-4-7-10(11)6-2-1-3-9-12(14)15/h4-5,7-8H,1-3,6,9H2,(H,14,15). The van der Waals surface area contributed by atoms with E-state index in [4.69, 9.17) is 5.11 Å². The van der Waals surface area contributed by atoms with Gasteiger partial charge in [-0.3, -0.25) is 4.79 Å². The Balaban J connectivity index is 2.21. The number of halogens is 1. The maximum absolute atomic E-state index is 10.3. The average Bonchev–Trinajstić information content (AvgIpc) is 2.20. The van der Waals surface area contributed by atoms with E-state index in [0.29, 0.717) is 6.42 Å². The number of carbonyl (C=O) groups is 1. The summed E-state index contributed by atoms with van der Waals surface area (Å²) in [7, 11) is 0. The van der Waals surface area contributed by atoms with Crippen molar-refractivity contribution < 1.29 is 9.90 Å². The minimum Gasteiger partial charge on any atom is -0.481 e. The normalized spacial score (nSPS) is 10.2. The third-order valence-corrected chi connectivity index (χ3v) is 3.35. The summed E-state index contributed by atoms with van der Waals surface area (Å²) >= 11 is 2.34. The summed E-state index contributed by atoms with van der Waals surface area (Å²) in [6.07, 6.45) is 4.22. The lowest BCUT2D eigenvalue weighted by atomic mass is 10.1. The Labute approximate surface area is 104 Å². The van der Waals surface area contributed by atoms with Gasteiger partial charge in [0.2, 0.25) is 0 Å². The Hall–Kier alpha value is -0.580. The van der Waals surface area contributed by atoms with Crippen LogP contribution < -0.4 is 0 Å². The number of aryl methyl sites for hydroxylation is 1. The lowest BCUT2D eigenvalue weighted by molar-refractivity contribution is -0.137. The Kier molecular flexibility index (Phi) is 5.68. The lowest BCUT2D eigenvalue weighted by Crippen LogP contribution is -1.94. The van der Waals surface area contributed by atoms with Gasteiger partial charge in [-0.15, -0.1) is 0 Å². The minimum absolute atomic E-state index is 0.298. The van der Waals surface area contributed by atoms with Gasteiger partial charge in [0.25, 0.3) is 0 Å². The molecule has 0 aliphatic rings. The van der Waals surface area contributed by atoms with Crippen LogP contribution >= 0.6 is 22.6 Å². The second-order valence-electron chi connectivity index (χ2n) is 3.55. The van der Waals surface area contributed by atoms with Crippen molar-refractivity contribution in [3.05, 3.63) is 33.4 Å². The number of carboxylic acid groups (broad SMARTS) is 1. The molecule has 2 nitrogen and oxygen atoms in total. The number of hydrogen-bond donors (Lipinski definition) is 1. The number of aliphatic carboxylic acids is 1. The first-order chi connectivity index (χ1) is 7.20. The van der Waals surface area contributed by atoms with Crippen molar-refractivity contribution in [1.82, 2.24) is 0 Å². The van der Waals surface area contributed by atoms with Crippen LogP contribution in [0, 0.1) is 3.57 Å². The first-order valence-electron chi connectivity index (χ1n) is 5.15. The Bertz CT molecular complexity index is 323. The first-order valence-corrected chi connectivity index (χ1v) is 6.23. The molecule has 1 rings (SSSR count). The summed E-state index contributed by atoms with van der Waals surface area (Å²) in [5.74, 6) is -0.690. The molecule has 0 radical (unpaired) electrons. The summed E-state index contributed by atoms with van der Waals surface area (Å²) in [5.41, 5.74) is 1.37. The molecule has 0 aliphatic heterocycles. The van der Waals surface area contributed by atoms with E-state index in [0.717, 1.165) is 25.7 Å². The van der Waals surface area contributed by atoms with E-state index in [9.17, 15) is 4.79 Å². The maximum Gasteiger partial charge on any atom is 0.303 e. The zero-order valence-electron chi connectivity index (χ0n) is 8.58. The highest BCUT2D eigenvalue weighted by atomic mass is 127. The van der Waals surface area contributed by atoms with E-state index < -0.39 is 5.97 Å². The van der Waals surface area contributed by atoms with Crippen LogP contribution in [-0.2, 0) is 11.2 Å². The summed E-state index contributed by atoms with van der Waals surface area (Å²) in [6, 6.07) is 8.33. The molecular formula is C12H15IO2. The van der Waals surface area contributed by atoms with Crippen molar-refractivity contribution in [3.63, 3.8) is 0 Å². The third-order valence-electron chi connectivity index (χ3n) is 2.29. The molecule has 0 atom stereocenters. The zero-order chi connectivity index (χ0) is 11.1. The number of carboxylic acids is 1. The quantitative estimate of drug-likeness (QED) is 0.644. The van der Waals surface area contributed by atoms with Crippen molar-refractivity contribution in [2.24, 2.45) is 0 Å². The molecule has 0 saturated heterocycles. The van der Waals surface area contributed by atoms with Crippen molar-refractivity contribution in [3.8, 4) is 0 Å². The Morgan fingerprint density at radius 1 is 1.20 bits per heavy atom. The third kappa shape index (κ3) is 5.16. The topological polar surface area (TPSA) is 37.3 Å². The molecular weight excluding hydrogens is 303 g/mol. The molecule has 1 aromatic carbocycles. The number of benzene rings is 1. The van der Waals surface area contributed by atoms with Crippen LogP contribution in [0.2, 0.25) is 0 Å². The van der Waals surface area contributed by atoms with E-state index in [1.165, 1.54) is 9.13 Å². The van der Waals surface area contributed by atoms with Gasteiger partial charge in [-0.2, -0.15) is 0 Å². The molecule has 15 heavy (non-hydrogen) atoms. The summed E-state index contributed by atoms with van der Waals surface area (Å²) < 4.78 is 1.30. The molecule has 0 amide bonds. The number of unbranched alkanes of at least 4 members (excludes halogenated alkanes) is 2. The van der Waals surface area contributed by atoms with Gasteiger partial charge in [-0.25, -0.2) is 0 Å². The lowest BCUT2D eigenvalue weighted by Gasteiger charge is -2.03. The second-order valence-corrected chi connectivity index (χ2v) is 4.71. The van der Waals surface area contributed by atoms with Crippen LogP contribution in [-0.4, -0.2) is 11.1 Å². The van der Waals surface area contributed by atoms with Crippen LogP contribution in [0.15, 0.2) is 24.3 Å². The molecule has 0 aromatic heterocycles. The molecule has 0 spiro atoms. The predicted molar refractivity (Wildman–Crippen MR) is 69.0 cm³/mol. The molecule has 0 saturated carbocycles. The molecule has 1 aromatic rings. The highest BCUT2D eigenvalue weighted by Crippen LogP contribution is 2.14. The monoisotopic (exact) mass is 318 g/mol. The van der Waals surface area contributed by atoms with Crippen molar-refractivity contribution in [2.75, 3.05) is 0 Å². The van der Waals surface area contributed by atoms with Crippen molar-refractivity contribution in [1.29, 1.82) is 0 Å². The molecule has 0 aliphatic carbocycles. The zero-order valence-corrected chi connectivity index (χ0v) is 10.7. The van der Waals surface area contributed by atoms with Gasteiger partial charge < -0.3 is 5.11 Å². The van der Waals surface area contributed by atoms with Gasteiger partial charge in [-0.1, -0.05) is 24.6 Å². The van der Waals surface area contributed by atoms with Crippen LogP contribution in [0.5, 0.6) is 0 Å². The predicted octanol–water partition coefficient (Wildman–Crippen LogP) is 3.48. The highest BCUT2D eigenvalue weighted by molar-refractivity contribution is 14.1. The minimum atomic E-state index is -0.690. The summed E-state index contributed by atoms with van der Waals surface area (Å²) in [4.78, 5) is 10.3. The SMILES string of the molecule is O=C(O)CCCCCc1ccccc1I. The largest absolute Gasteiger partial charge is 0.481 e. The second kappa shape index (κ2) is 6.82. The number of rotatable bonds is 6. The fourth-order valence-corrected chi connectivity index (χ4v) is 2.13. The van der Waals surface area contributed by atoms with Gasteiger partial charge in [0.15, 0.2) is 0 Å². The molecule has 3 heteroatoms. The van der Waals surface area contributed by atoms with Crippen LogP contribution in [0.25, 0.3) is 0 Å². The van der Waals surface area contributed by atoms with Gasteiger partial charge in [0.05, 0.1) is 0 Å². The Morgan fingerprint density at radius 3 is 2.60 bits per heavy atom. The van der Waals surface area contributed by atoms with Crippen LogP contribution in [0.4, 0.5) is 0 Å². The molecule has 0 fully saturated rings. The van der Waals surface area contributed by atoms with Gasteiger partial charge in [0, 0.05) is 9.99 Å². The van der Waals surface area contributed by atoms with E-state index in [1.54, 1.807) is 0 Å². The summed E-state index contributed by atoms with van der Waals surface area (Å²) in [6.45, 7) is 0. The van der Waals surface area contributed by atoms with Crippen LogP contribution in [0.1, 0.15) is 31.2 Å². The maximum atomic E-state index is 10.3. The van der Waals surface area contributed by atoms with Crippen molar-refractivity contribution >= 4 is 28.6 Å². The van der Waals surface area contributed by atoms with Gasteiger partial charge in [-0.05, 0) is 53.5 Å². The molecule has 0 bridgehead atoms. The summed E-state index contributed by atoms with van der Waals surface area (Å²) in [5, 5.41) is 8.47. The highest BCUT2D eigenvalue weighted by Gasteiger charge is 1.99. The van der Waals surface area contributed by atoms with Gasteiger partial charge >= 0.3 is 5.97 Å².